The van der Waals surface area contributed by atoms with Crippen LogP contribution < -0.4 is 11.1 Å². The molecule has 3 heterocycles. The summed E-state index contributed by atoms with van der Waals surface area (Å²) in [5, 5.41) is 3.76. The molecule has 0 spiro atoms. The van der Waals surface area contributed by atoms with Crippen LogP contribution in [0.1, 0.15) is 14.5 Å². The number of fused-ring (bicyclic) bond motifs is 1. The topological polar surface area (TPSA) is 68.0 Å². The second-order valence-corrected chi connectivity index (χ2v) is 7.96. The molecule has 21 heavy (non-hydrogen) atoms. The first kappa shape index (κ1) is 14.5. The van der Waals surface area contributed by atoms with E-state index >= 15 is 0 Å². The monoisotopic (exact) mass is 381 g/mol. The summed E-state index contributed by atoms with van der Waals surface area (Å²) in [6.07, 6.45) is 2.51. The highest BCUT2D eigenvalue weighted by Gasteiger charge is 2.16. The molecule has 1 amide bonds. The molecule has 0 aliphatic heterocycles. The molecule has 0 aromatic carbocycles. The van der Waals surface area contributed by atoms with E-state index in [9.17, 15) is 4.79 Å². The summed E-state index contributed by atoms with van der Waals surface area (Å²) in [5.74, 6) is -0.133. The number of nitrogen functional groups attached to an aromatic ring is 1. The fourth-order valence-corrected chi connectivity index (χ4v) is 4.45. The second kappa shape index (κ2) is 6.13. The van der Waals surface area contributed by atoms with Gasteiger partial charge in [0.2, 0.25) is 0 Å². The summed E-state index contributed by atoms with van der Waals surface area (Å²) < 4.78 is 1.10. The van der Waals surface area contributed by atoms with E-state index in [2.05, 4.69) is 32.3 Å². The van der Waals surface area contributed by atoms with Gasteiger partial charge in [-0.2, -0.15) is 0 Å². The maximum atomic E-state index is 12.2. The van der Waals surface area contributed by atoms with Crippen LogP contribution in [-0.4, -0.2) is 17.4 Å². The Balaban J connectivity index is 1.68. The Hall–Kier alpha value is -1.44. The van der Waals surface area contributed by atoms with Crippen LogP contribution in [0.5, 0.6) is 0 Å². The standard InChI is InChI=1S/C14H12BrN3OS2/c15-10-4-3-8(20-10)5-7-17-13(19)12-11(16)9-2-1-6-18-14(9)21-12/h1-4,6H,5,7,16H2,(H,17,19). The molecule has 3 N–H and O–H groups in total. The van der Waals surface area contributed by atoms with Gasteiger partial charge in [-0.05, 0) is 46.6 Å². The van der Waals surface area contributed by atoms with Crippen LogP contribution in [0.25, 0.3) is 10.2 Å². The second-order valence-electron chi connectivity index (χ2n) is 4.41. The van der Waals surface area contributed by atoms with E-state index in [1.165, 1.54) is 16.2 Å². The number of nitrogens with two attached hydrogens (primary N) is 1. The van der Waals surface area contributed by atoms with Crippen molar-refractivity contribution in [2.24, 2.45) is 0 Å². The highest BCUT2D eigenvalue weighted by Crippen LogP contribution is 2.31. The first-order valence-corrected chi connectivity index (χ1v) is 8.73. The summed E-state index contributed by atoms with van der Waals surface area (Å²) in [7, 11) is 0. The predicted octanol–water partition coefficient (Wildman–Crippen LogP) is 3.68. The number of carbonyl (C=O) groups is 1. The number of carbonyl (C=O) groups excluding carboxylic acids is 1. The van der Waals surface area contributed by atoms with Crippen molar-refractivity contribution in [2.45, 2.75) is 6.42 Å². The van der Waals surface area contributed by atoms with Crippen molar-refractivity contribution in [1.29, 1.82) is 0 Å². The van der Waals surface area contributed by atoms with Crippen LogP contribution in [-0.2, 0) is 6.42 Å². The Bertz CT molecular complexity index is 796. The zero-order valence-corrected chi connectivity index (χ0v) is 14.1. The van der Waals surface area contributed by atoms with Crippen molar-refractivity contribution in [2.75, 3.05) is 12.3 Å². The van der Waals surface area contributed by atoms with Crippen molar-refractivity contribution in [3.8, 4) is 0 Å². The van der Waals surface area contributed by atoms with Crippen molar-refractivity contribution < 1.29 is 4.79 Å². The lowest BCUT2D eigenvalue weighted by Crippen LogP contribution is -2.25. The Morgan fingerprint density at radius 3 is 2.90 bits per heavy atom. The minimum absolute atomic E-state index is 0.133. The van der Waals surface area contributed by atoms with Crippen LogP contribution in [0, 0.1) is 0 Å². The molecule has 0 aliphatic carbocycles. The number of nitrogens with zero attached hydrogens (tertiary/aromatic N) is 1. The Kier molecular flexibility index (Phi) is 4.23. The lowest BCUT2D eigenvalue weighted by atomic mass is 10.2. The number of pyridine rings is 1. The number of aromatic nitrogens is 1. The normalized spacial score (nSPS) is 10.9. The van der Waals surface area contributed by atoms with E-state index < -0.39 is 0 Å². The summed E-state index contributed by atoms with van der Waals surface area (Å²) in [5.41, 5.74) is 6.54. The van der Waals surface area contributed by atoms with Crippen LogP contribution in [0.2, 0.25) is 0 Å². The molecule has 0 saturated heterocycles. The van der Waals surface area contributed by atoms with Crippen LogP contribution >= 0.6 is 38.6 Å². The number of nitrogens with one attached hydrogen (secondary N) is 1. The first-order valence-electron chi connectivity index (χ1n) is 6.30. The summed E-state index contributed by atoms with van der Waals surface area (Å²) >= 11 is 6.43. The van der Waals surface area contributed by atoms with Gasteiger partial charge in [0.25, 0.3) is 5.91 Å². The zero-order chi connectivity index (χ0) is 14.8. The van der Waals surface area contributed by atoms with E-state index in [1.807, 2.05) is 18.2 Å². The molecule has 4 nitrogen and oxygen atoms in total. The maximum absolute atomic E-state index is 12.2. The quantitative estimate of drug-likeness (QED) is 0.724. The number of halogens is 1. The highest BCUT2D eigenvalue weighted by atomic mass is 79.9. The average molecular weight is 382 g/mol. The highest BCUT2D eigenvalue weighted by molar-refractivity contribution is 9.11. The molecule has 0 atom stereocenters. The summed E-state index contributed by atoms with van der Waals surface area (Å²) in [6.45, 7) is 0.590. The minimum atomic E-state index is -0.133. The molecule has 7 heteroatoms. The summed E-state index contributed by atoms with van der Waals surface area (Å²) in [6, 6.07) is 7.77. The third-order valence-corrected chi connectivity index (χ3v) is 5.81. The van der Waals surface area contributed by atoms with Gasteiger partial charge in [-0.1, -0.05) is 0 Å². The van der Waals surface area contributed by atoms with E-state index in [1.54, 1.807) is 17.5 Å². The predicted molar refractivity (Wildman–Crippen MR) is 92.1 cm³/mol. The first-order chi connectivity index (χ1) is 10.1. The van der Waals surface area contributed by atoms with Gasteiger partial charge in [0, 0.05) is 23.0 Å². The SMILES string of the molecule is Nc1c(C(=O)NCCc2ccc(Br)s2)sc2ncccc12. The Morgan fingerprint density at radius 1 is 1.33 bits per heavy atom. The van der Waals surface area contributed by atoms with E-state index in [0.29, 0.717) is 17.1 Å². The third kappa shape index (κ3) is 3.09. The molecule has 0 bridgehead atoms. The molecule has 0 saturated carbocycles. The van der Waals surface area contributed by atoms with E-state index in [0.717, 1.165) is 20.4 Å². The van der Waals surface area contributed by atoms with Gasteiger partial charge < -0.3 is 11.1 Å². The summed E-state index contributed by atoms with van der Waals surface area (Å²) in [4.78, 5) is 19.0. The number of hydrogen-bond donors (Lipinski definition) is 2. The lowest BCUT2D eigenvalue weighted by Gasteiger charge is -2.03. The molecule has 3 aromatic heterocycles. The molecule has 3 rings (SSSR count). The van der Waals surface area contributed by atoms with Crippen molar-refractivity contribution in [3.05, 3.63) is 44.0 Å². The minimum Gasteiger partial charge on any atom is -0.397 e. The molecule has 108 valence electrons. The van der Waals surface area contributed by atoms with Crippen LogP contribution in [0.4, 0.5) is 5.69 Å². The fraction of sp³-hybridized carbons (Fsp3) is 0.143. The molecule has 0 fully saturated rings. The van der Waals surface area contributed by atoms with Crippen molar-refractivity contribution >= 4 is 60.4 Å². The number of hydrogen-bond acceptors (Lipinski definition) is 5. The largest absolute Gasteiger partial charge is 0.397 e. The molecule has 0 aliphatic rings. The van der Waals surface area contributed by atoms with Gasteiger partial charge in [-0.3, -0.25) is 4.79 Å². The maximum Gasteiger partial charge on any atom is 0.263 e. The number of anilines is 1. The molecule has 3 aromatic rings. The van der Waals surface area contributed by atoms with Crippen molar-refractivity contribution in [3.63, 3.8) is 0 Å². The van der Waals surface area contributed by atoms with Gasteiger partial charge >= 0.3 is 0 Å². The van der Waals surface area contributed by atoms with Gasteiger partial charge in [0.1, 0.15) is 9.71 Å². The Morgan fingerprint density at radius 2 is 2.19 bits per heavy atom. The lowest BCUT2D eigenvalue weighted by molar-refractivity contribution is 0.0959. The van der Waals surface area contributed by atoms with Crippen LogP contribution in [0.3, 0.4) is 0 Å². The number of rotatable bonds is 4. The van der Waals surface area contributed by atoms with Crippen LogP contribution in [0.15, 0.2) is 34.2 Å². The van der Waals surface area contributed by atoms with Gasteiger partial charge in [0.15, 0.2) is 0 Å². The molecule has 0 radical (unpaired) electrons. The number of thiophene rings is 2. The average Bonchev–Trinajstić information content (AvgIpc) is 3.03. The van der Waals surface area contributed by atoms with Gasteiger partial charge in [-0.25, -0.2) is 4.98 Å². The molecular weight excluding hydrogens is 370 g/mol. The zero-order valence-electron chi connectivity index (χ0n) is 10.9. The fourth-order valence-electron chi connectivity index (χ4n) is 1.99. The van der Waals surface area contributed by atoms with E-state index in [-0.39, 0.29) is 5.91 Å². The van der Waals surface area contributed by atoms with Gasteiger partial charge in [-0.15, -0.1) is 22.7 Å². The van der Waals surface area contributed by atoms with E-state index in [4.69, 9.17) is 5.73 Å². The molecule has 0 unspecified atom stereocenters. The molecular formula is C14H12BrN3OS2. The third-order valence-electron chi connectivity index (χ3n) is 3.00. The smallest absolute Gasteiger partial charge is 0.263 e. The number of amides is 1. The Labute approximate surface area is 138 Å². The van der Waals surface area contributed by atoms with Gasteiger partial charge in [0.05, 0.1) is 9.47 Å². The van der Waals surface area contributed by atoms with Crippen molar-refractivity contribution in [1.82, 2.24) is 10.3 Å².